The zero-order valence-electron chi connectivity index (χ0n) is 10.5. The third-order valence-corrected chi connectivity index (χ3v) is 2.62. The van der Waals surface area contributed by atoms with Crippen LogP contribution in [0.1, 0.15) is 34.1 Å². The molecule has 0 radical (unpaired) electrons. The highest BCUT2D eigenvalue weighted by Gasteiger charge is 2.18. The molecule has 98 valence electrons. The standard InChI is InChI=1S/C13H17NO4/c1-9(15)7-8-14(2)12(16)10-5-3-4-6-11(10)13(17)18/h3-6,9,15H,7-8H2,1-2H3,(H,17,18). The zero-order chi connectivity index (χ0) is 13.7. The maximum absolute atomic E-state index is 12.1. The topological polar surface area (TPSA) is 77.8 Å². The van der Waals surface area contributed by atoms with Crippen molar-refractivity contribution in [2.75, 3.05) is 13.6 Å². The Bertz CT molecular complexity index is 442. The van der Waals surface area contributed by atoms with Crippen LogP contribution < -0.4 is 0 Å². The minimum absolute atomic E-state index is 0.00797. The molecule has 1 amide bonds. The van der Waals surface area contributed by atoms with Gasteiger partial charge in [-0.15, -0.1) is 0 Å². The van der Waals surface area contributed by atoms with Crippen molar-refractivity contribution in [2.45, 2.75) is 19.4 Å². The first-order chi connectivity index (χ1) is 8.43. The van der Waals surface area contributed by atoms with Crippen molar-refractivity contribution in [2.24, 2.45) is 0 Å². The van der Waals surface area contributed by atoms with E-state index in [4.69, 9.17) is 10.2 Å². The normalized spacial score (nSPS) is 11.9. The molecule has 0 aliphatic heterocycles. The summed E-state index contributed by atoms with van der Waals surface area (Å²) in [5.41, 5.74) is 0.157. The Morgan fingerprint density at radius 3 is 2.33 bits per heavy atom. The third-order valence-electron chi connectivity index (χ3n) is 2.62. The highest BCUT2D eigenvalue weighted by Crippen LogP contribution is 2.11. The molecule has 0 saturated heterocycles. The van der Waals surface area contributed by atoms with E-state index in [1.165, 1.54) is 17.0 Å². The van der Waals surface area contributed by atoms with Gasteiger partial charge in [0.2, 0.25) is 0 Å². The van der Waals surface area contributed by atoms with Crippen molar-refractivity contribution in [1.82, 2.24) is 4.90 Å². The van der Waals surface area contributed by atoms with Gasteiger partial charge in [-0.25, -0.2) is 4.79 Å². The fraction of sp³-hybridized carbons (Fsp3) is 0.385. The minimum Gasteiger partial charge on any atom is -0.478 e. The zero-order valence-corrected chi connectivity index (χ0v) is 10.5. The molecule has 0 aliphatic carbocycles. The molecule has 2 N–H and O–H groups in total. The first-order valence-corrected chi connectivity index (χ1v) is 5.69. The molecule has 5 heteroatoms. The molecule has 0 aromatic heterocycles. The van der Waals surface area contributed by atoms with Crippen LogP contribution in [-0.4, -0.2) is 46.7 Å². The van der Waals surface area contributed by atoms with Crippen LogP contribution in [0.2, 0.25) is 0 Å². The predicted molar refractivity (Wildman–Crippen MR) is 66.7 cm³/mol. The molecule has 5 nitrogen and oxygen atoms in total. The van der Waals surface area contributed by atoms with E-state index in [9.17, 15) is 9.59 Å². The third kappa shape index (κ3) is 3.56. The summed E-state index contributed by atoms with van der Waals surface area (Å²) in [5.74, 6) is -1.48. The van der Waals surface area contributed by atoms with Gasteiger partial charge in [0.25, 0.3) is 5.91 Å². The number of carboxylic acid groups (broad SMARTS) is 1. The maximum atomic E-state index is 12.1. The Hall–Kier alpha value is -1.88. The molecule has 1 unspecified atom stereocenters. The number of aliphatic hydroxyl groups excluding tert-OH is 1. The molecule has 1 aromatic rings. The number of rotatable bonds is 5. The van der Waals surface area contributed by atoms with Crippen molar-refractivity contribution < 1.29 is 19.8 Å². The summed E-state index contributed by atoms with van der Waals surface area (Å²) in [6, 6.07) is 6.10. The highest BCUT2D eigenvalue weighted by atomic mass is 16.4. The Morgan fingerprint density at radius 2 is 1.83 bits per heavy atom. The molecule has 0 saturated carbocycles. The van der Waals surface area contributed by atoms with Crippen LogP contribution in [-0.2, 0) is 0 Å². The maximum Gasteiger partial charge on any atom is 0.336 e. The summed E-state index contributed by atoms with van der Waals surface area (Å²) < 4.78 is 0. The van der Waals surface area contributed by atoms with Crippen LogP contribution in [0.3, 0.4) is 0 Å². The number of hydrogen-bond donors (Lipinski definition) is 2. The molecule has 1 rings (SSSR count). The van der Waals surface area contributed by atoms with Crippen LogP contribution in [0.5, 0.6) is 0 Å². The van der Waals surface area contributed by atoms with Crippen molar-refractivity contribution in [1.29, 1.82) is 0 Å². The van der Waals surface area contributed by atoms with Gasteiger partial charge < -0.3 is 15.1 Å². The van der Waals surface area contributed by atoms with Crippen molar-refractivity contribution in [3.05, 3.63) is 35.4 Å². The smallest absolute Gasteiger partial charge is 0.336 e. The van der Waals surface area contributed by atoms with Crippen molar-refractivity contribution >= 4 is 11.9 Å². The predicted octanol–water partition coefficient (Wildman–Crippen LogP) is 1.23. The van der Waals surface area contributed by atoms with E-state index in [2.05, 4.69) is 0 Å². The number of carbonyl (C=O) groups is 2. The SMILES string of the molecule is CC(O)CCN(C)C(=O)c1ccccc1C(=O)O. The summed E-state index contributed by atoms with van der Waals surface area (Å²) in [7, 11) is 1.59. The van der Waals surface area contributed by atoms with Crippen LogP contribution >= 0.6 is 0 Å². The van der Waals surface area contributed by atoms with E-state index in [1.54, 1.807) is 26.1 Å². The molecule has 1 aromatic carbocycles. The minimum atomic E-state index is -1.12. The molecule has 18 heavy (non-hydrogen) atoms. The molecule has 0 aliphatic rings. The van der Waals surface area contributed by atoms with Crippen LogP contribution in [0.15, 0.2) is 24.3 Å². The summed E-state index contributed by atoms with van der Waals surface area (Å²) in [6.07, 6.45) is -0.0349. The monoisotopic (exact) mass is 251 g/mol. The second-order valence-corrected chi connectivity index (χ2v) is 4.22. The second kappa shape index (κ2) is 6.16. The Balaban J connectivity index is 2.86. The Kier molecular flexibility index (Phi) is 4.85. The summed E-state index contributed by atoms with van der Waals surface area (Å²) in [6.45, 7) is 2.02. The lowest BCUT2D eigenvalue weighted by Gasteiger charge is -2.18. The number of aliphatic hydroxyl groups is 1. The molecular weight excluding hydrogens is 234 g/mol. The number of benzene rings is 1. The lowest BCUT2D eigenvalue weighted by molar-refractivity contribution is 0.0677. The van der Waals surface area contributed by atoms with Gasteiger partial charge in [-0.3, -0.25) is 4.79 Å². The van der Waals surface area contributed by atoms with Gasteiger partial charge in [0, 0.05) is 13.6 Å². The molecule has 1 atom stereocenters. The van der Waals surface area contributed by atoms with E-state index in [0.29, 0.717) is 13.0 Å². The molecular formula is C13H17NO4. The lowest BCUT2D eigenvalue weighted by Crippen LogP contribution is -2.30. The molecule has 0 spiro atoms. The van der Waals surface area contributed by atoms with Crippen LogP contribution in [0.25, 0.3) is 0 Å². The quantitative estimate of drug-likeness (QED) is 0.825. The van der Waals surface area contributed by atoms with Gasteiger partial charge in [-0.05, 0) is 25.5 Å². The first-order valence-electron chi connectivity index (χ1n) is 5.69. The summed E-state index contributed by atoms with van der Waals surface area (Å²) in [5, 5.41) is 18.2. The van der Waals surface area contributed by atoms with E-state index in [0.717, 1.165) is 0 Å². The van der Waals surface area contributed by atoms with Gasteiger partial charge in [0.15, 0.2) is 0 Å². The van der Waals surface area contributed by atoms with Crippen LogP contribution in [0, 0.1) is 0 Å². The number of aromatic carboxylic acids is 1. The highest BCUT2D eigenvalue weighted by molar-refractivity contribution is 6.04. The average Bonchev–Trinajstić information content (AvgIpc) is 2.34. The van der Waals surface area contributed by atoms with Crippen LogP contribution in [0.4, 0.5) is 0 Å². The summed E-state index contributed by atoms with van der Waals surface area (Å²) in [4.78, 5) is 24.5. The number of amides is 1. The van der Waals surface area contributed by atoms with E-state index in [1.807, 2.05) is 0 Å². The second-order valence-electron chi connectivity index (χ2n) is 4.22. The van der Waals surface area contributed by atoms with E-state index in [-0.39, 0.29) is 17.0 Å². The molecule has 0 heterocycles. The fourth-order valence-corrected chi connectivity index (χ4v) is 1.54. The van der Waals surface area contributed by atoms with Gasteiger partial charge >= 0.3 is 5.97 Å². The number of hydrogen-bond acceptors (Lipinski definition) is 3. The number of nitrogens with zero attached hydrogens (tertiary/aromatic N) is 1. The molecule has 0 bridgehead atoms. The van der Waals surface area contributed by atoms with Crippen molar-refractivity contribution in [3.63, 3.8) is 0 Å². The summed E-state index contributed by atoms with van der Waals surface area (Å²) >= 11 is 0. The first kappa shape index (κ1) is 14.2. The fourth-order valence-electron chi connectivity index (χ4n) is 1.54. The molecule has 0 fully saturated rings. The van der Waals surface area contributed by atoms with Gasteiger partial charge in [0.1, 0.15) is 0 Å². The van der Waals surface area contributed by atoms with Gasteiger partial charge in [-0.1, -0.05) is 12.1 Å². The van der Waals surface area contributed by atoms with Gasteiger partial charge in [0.05, 0.1) is 17.2 Å². The number of carbonyl (C=O) groups excluding carboxylic acids is 1. The number of carboxylic acids is 1. The average molecular weight is 251 g/mol. The van der Waals surface area contributed by atoms with E-state index >= 15 is 0 Å². The van der Waals surface area contributed by atoms with E-state index < -0.39 is 12.1 Å². The lowest BCUT2D eigenvalue weighted by atomic mass is 10.1. The van der Waals surface area contributed by atoms with Crippen molar-refractivity contribution in [3.8, 4) is 0 Å². The Morgan fingerprint density at radius 1 is 1.28 bits per heavy atom. The van der Waals surface area contributed by atoms with Gasteiger partial charge in [-0.2, -0.15) is 0 Å². The largest absolute Gasteiger partial charge is 0.478 e. The Labute approximate surface area is 106 Å².